The van der Waals surface area contributed by atoms with Crippen molar-refractivity contribution < 1.29 is 54.4 Å². The maximum atomic E-state index is 10.1. The van der Waals surface area contributed by atoms with Gasteiger partial charge in [0.25, 0.3) is 0 Å². The number of rotatable bonds is 31. The van der Waals surface area contributed by atoms with E-state index in [2.05, 4.69) is 27.4 Å². The van der Waals surface area contributed by atoms with E-state index in [0.29, 0.717) is 0 Å². The van der Waals surface area contributed by atoms with Crippen molar-refractivity contribution in [3.63, 3.8) is 0 Å². The first kappa shape index (κ1) is 51.9. The number of carbonyl (C=O) groups is 3. The Morgan fingerprint density at radius 1 is 0.413 bits per heavy atom. The first-order chi connectivity index (χ1) is 22.2. The molecule has 270 valence electrons. The Labute approximate surface area is 301 Å². The minimum Gasteiger partial charge on any atom is -0.550 e. The fourth-order valence-corrected chi connectivity index (χ4v) is 4.74. The molecule has 0 fully saturated rings. The molecule has 0 heterocycles. The normalized spacial score (nSPS) is 10.0. The van der Waals surface area contributed by atoms with Gasteiger partial charge in [0.05, 0.1) is 0 Å². The molecule has 0 rings (SSSR count). The van der Waals surface area contributed by atoms with E-state index in [9.17, 15) is 29.7 Å². The van der Waals surface area contributed by atoms with Crippen LogP contribution in [0.5, 0.6) is 0 Å². The number of hydrogen-bond acceptors (Lipinski definition) is 6. The Kier molecular flexibility index (Phi) is 57.4. The predicted octanol–water partition coefficient (Wildman–Crippen LogP) is 9.11. The van der Waals surface area contributed by atoms with Gasteiger partial charge in [0.2, 0.25) is 0 Å². The number of aliphatic carboxylic acids is 3. The number of hydrogen-bond donors (Lipinski definition) is 0. The molecule has 0 saturated carbocycles. The molecule has 0 bridgehead atoms. The Hall–Kier alpha value is -0.967. The molecular weight excluding hydrogens is 656 g/mol. The van der Waals surface area contributed by atoms with Gasteiger partial charge in [-0.25, -0.2) is 0 Å². The number of unbranched alkanes of at least 4 members (excludes halogenated alkanes) is 24. The van der Waals surface area contributed by atoms with Crippen molar-refractivity contribution in [1.29, 1.82) is 0 Å². The molecule has 0 aromatic carbocycles. The average molecular weight is 730 g/mol. The molecule has 46 heavy (non-hydrogen) atoms. The second-order valence-electron chi connectivity index (χ2n) is 12.3. The van der Waals surface area contributed by atoms with Crippen molar-refractivity contribution in [3.05, 3.63) is 12.7 Å². The second kappa shape index (κ2) is 50.9. The minimum absolute atomic E-state index is 0.232. The van der Waals surface area contributed by atoms with Crippen LogP contribution in [0.2, 0.25) is 4.13 Å². The SMILES string of the molecule is C=C[CH2][Zr+3].CCCCCCCCCCCC(=O)[O-].CCCCCCCCCCCC(=O)[O-].CCCCCCCCCCCC(=O)[O-]. The van der Waals surface area contributed by atoms with E-state index in [0.717, 1.165) is 38.5 Å². The van der Waals surface area contributed by atoms with Gasteiger partial charge in [0.1, 0.15) is 0 Å². The summed E-state index contributed by atoms with van der Waals surface area (Å²) in [6, 6.07) is 0. The van der Waals surface area contributed by atoms with Crippen LogP contribution in [-0.4, -0.2) is 17.9 Å². The van der Waals surface area contributed by atoms with Gasteiger partial charge >= 0.3 is 41.5 Å². The van der Waals surface area contributed by atoms with Gasteiger partial charge in [-0.05, 0) is 38.5 Å². The minimum atomic E-state index is -0.909. The molecular formula is C39H74O6Zr. The topological polar surface area (TPSA) is 120 Å². The van der Waals surface area contributed by atoms with E-state index >= 15 is 0 Å². The summed E-state index contributed by atoms with van der Waals surface area (Å²) in [5, 5.41) is 30.3. The molecule has 0 saturated heterocycles. The Bertz CT molecular complexity index is 535. The van der Waals surface area contributed by atoms with E-state index in [1.54, 1.807) is 24.7 Å². The summed E-state index contributed by atoms with van der Waals surface area (Å²) in [4.78, 5) is 30.3. The predicted molar refractivity (Wildman–Crippen MR) is 186 cm³/mol. The van der Waals surface area contributed by atoms with Crippen molar-refractivity contribution >= 4 is 17.9 Å². The number of carboxylic acids is 3. The van der Waals surface area contributed by atoms with Gasteiger partial charge in [-0.2, -0.15) is 0 Å². The van der Waals surface area contributed by atoms with Crippen molar-refractivity contribution in [1.82, 2.24) is 0 Å². The molecule has 0 aromatic heterocycles. The summed E-state index contributed by atoms with van der Waals surface area (Å²) in [5.74, 6) is -2.73. The summed E-state index contributed by atoms with van der Waals surface area (Å²) in [7, 11) is 0. The van der Waals surface area contributed by atoms with E-state index in [1.807, 2.05) is 6.08 Å². The van der Waals surface area contributed by atoms with Crippen LogP contribution in [0.1, 0.15) is 213 Å². The number of carbonyl (C=O) groups excluding carboxylic acids is 3. The third-order valence-corrected chi connectivity index (χ3v) is 8.31. The molecule has 0 radical (unpaired) electrons. The monoisotopic (exact) mass is 728 g/mol. The van der Waals surface area contributed by atoms with Gasteiger partial charge < -0.3 is 29.7 Å². The summed E-state index contributed by atoms with van der Waals surface area (Å²) in [5.41, 5.74) is 0. The maximum Gasteiger partial charge on any atom is 0.0414 e. The molecule has 0 N–H and O–H groups in total. The Morgan fingerprint density at radius 3 is 0.696 bits per heavy atom. The molecule has 0 aliphatic heterocycles. The van der Waals surface area contributed by atoms with Crippen LogP contribution in [0.3, 0.4) is 0 Å². The van der Waals surface area contributed by atoms with E-state index in [1.165, 1.54) is 139 Å². The van der Waals surface area contributed by atoms with Gasteiger partial charge in [0, 0.05) is 17.9 Å². The van der Waals surface area contributed by atoms with Crippen molar-refractivity contribution in [2.24, 2.45) is 0 Å². The molecule has 0 amide bonds. The van der Waals surface area contributed by atoms with Crippen LogP contribution in [0.15, 0.2) is 12.7 Å². The van der Waals surface area contributed by atoms with Crippen LogP contribution in [0, 0.1) is 0 Å². The van der Waals surface area contributed by atoms with Crippen LogP contribution >= 0.6 is 0 Å². The summed E-state index contributed by atoms with van der Waals surface area (Å²) >= 11 is 1.55. The van der Waals surface area contributed by atoms with Crippen molar-refractivity contribution in [3.8, 4) is 0 Å². The summed E-state index contributed by atoms with van der Waals surface area (Å²) in [6.45, 7) is 10.2. The smallest absolute Gasteiger partial charge is 0.0414 e. The quantitative estimate of drug-likeness (QED) is 0.0519. The van der Waals surface area contributed by atoms with Crippen LogP contribution < -0.4 is 15.3 Å². The van der Waals surface area contributed by atoms with Gasteiger partial charge in [-0.15, -0.1) is 0 Å². The van der Waals surface area contributed by atoms with Crippen molar-refractivity contribution in [2.45, 2.75) is 218 Å². The van der Waals surface area contributed by atoms with E-state index < -0.39 is 17.9 Å². The summed E-state index contributed by atoms with van der Waals surface area (Å²) < 4.78 is 1.17. The summed E-state index contributed by atoms with van der Waals surface area (Å²) in [6.07, 6.45) is 35.4. The fraction of sp³-hybridized carbons (Fsp3) is 0.872. The molecule has 0 aliphatic carbocycles. The molecule has 7 heteroatoms. The third-order valence-electron chi connectivity index (χ3n) is 7.60. The van der Waals surface area contributed by atoms with E-state index in [4.69, 9.17) is 0 Å². The molecule has 6 nitrogen and oxygen atoms in total. The molecule has 0 aliphatic rings. The molecule has 0 aromatic rings. The largest absolute Gasteiger partial charge is 0.550 e. The average Bonchev–Trinajstić information content (AvgIpc) is 3.03. The third kappa shape index (κ3) is 69.7. The van der Waals surface area contributed by atoms with Crippen LogP contribution in [0.25, 0.3) is 0 Å². The zero-order valence-corrected chi connectivity index (χ0v) is 33.1. The standard InChI is InChI=1S/3C12H24O2.C3H5.Zr/c3*1-2-3-4-5-6-7-8-9-10-11-12(13)14;1-3-2;/h3*2-11H2,1H3,(H,13,14);3H,1-2H2;/q;;;;+3/p-3. The first-order valence-electron chi connectivity index (χ1n) is 19.1. The first-order valence-corrected chi connectivity index (χ1v) is 20.8. The van der Waals surface area contributed by atoms with Gasteiger partial charge in [0.15, 0.2) is 0 Å². The van der Waals surface area contributed by atoms with Gasteiger partial charge in [-0.3, -0.25) is 0 Å². The Morgan fingerprint density at radius 2 is 0.565 bits per heavy atom. The van der Waals surface area contributed by atoms with Crippen molar-refractivity contribution in [2.75, 3.05) is 0 Å². The van der Waals surface area contributed by atoms with E-state index in [-0.39, 0.29) is 19.3 Å². The van der Waals surface area contributed by atoms with Crippen LogP contribution in [-0.2, 0) is 39.1 Å². The zero-order valence-electron chi connectivity index (χ0n) is 30.7. The zero-order chi connectivity index (χ0) is 35.4. The molecule has 0 spiro atoms. The number of carboxylic acid groups (broad SMARTS) is 3. The molecule has 0 atom stereocenters. The maximum absolute atomic E-state index is 10.1. The Balaban J connectivity index is -0.000000271. The number of allylic oxidation sites excluding steroid dienone is 1. The van der Waals surface area contributed by atoms with Crippen LogP contribution in [0.4, 0.5) is 0 Å². The fourth-order valence-electron chi connectivity index (χ4n) is 4.74. The second-order valence-corrected chi connectivity index (χ2v) is 13.3. The molecule has 0 unspecified atom stereocenters. The van der Waals surface area contributed by atoms with Gasteiger partial charge in [-0.1, -0.05) is 175 Å².